The molecule has 0 radical (unpaired) electrons. The number of amides is 1. The fraction of sp³-hybridized carbons (Fsp3) is 0.923. The van der Waals surface area contributed by atoms with Gasteiger partial charge in [-0.15, -0.1) is 12.4 Å². The molecule has 3 nitrogen and oxygen atoms in total. The van der Waals surface area contributed by atoms with Crippen molar-refractivity contribution >= 4 is 18.3 Å². The van der Waals surface area contributed by atoms with E-state index in [-0.39, 0.29) is 24.4 Å². The van der Waals surface area contributed by atoms with Crippen molar-refractivity contribution in [1.82, 2.24) is 5.32 Å². The van der Waals surface area contributed by atoms with Crippen LogP contribution < -0.4 is 11.1 Å². The highest BCUT2D eigenvalue weighted by Gasteiger charge is 2.14. The van der Waals surface area contributed by atoms with Gasteiger partial charge in [0.1, 0.15) is 0 Å². The highest BCUT2D eigenvalue weighted by molar-refractivity contribution is 5.85. The quantitative estimate of drug-likeness (QED) is 0.708. The van der Waals surface area contributed by atoms with Crippen LogP contribution in [0, 0.1) is 11.8 Å². The van der Waals surface area contributed by atoms with Crippen molar-refractivity contribution in [2.45, 2.75) is 59.4 Å². The molecule has 0 aromatic heterocycles. The molecule has 104 valence electrons. The van der Waals surface area contributed by atoms with Gasteiger partial charge in [-0.05, 0) is 18.3 Å². The number of hydrogen-bond donors (Lipinski definition) is 2. The summed E-state index contributed by atoms with van der Waals surface area (Å²) in [5.74, 6) is 1.20. The summed E-state index contributed by atoms with van der Waals surface area (Å²) in [6, 6.07) is 0.140. The summed E-state index contributed by atoms with van der Waals surface area (Å²) in [6.07, 6.45) is 3.85. The number of halogens is 1. The second-order valence-electron chi connectivity index (χ2n) is 5.23. The van der Waals surface area contributed by atoms with Crippen LogP contribution in [-0.4, -0.2) is 18.5 Å². The number of nitrogens with two attached hydrogens (primary N) is 1. The van der Waals surface area contributed by atoms with E-state index in [0.717, 1.165) is 19.3 Å². The lowest BCUT2D eigenvalue weighted by Gasteiger charge is -2.20. The Morgan fingerprint density at radius 1 is 1.29 bits per heavy atom. The van der Waals surface area contributed by atoms with Crippen LogP contribution >= 0.6 is 12.4 Å². The zero-order valence-electron chi connectivity index (χ0n) is 11.7. The van der Waals surface area contributed by atoms with Crippen LogP contribution in [-0.2, 0) is 4.79 Å². The summed E-state index contributed by atoms with van der Waals surface area (Å²) in [5.41, 5.74) is 5.64. The van der Waals surface area contributed by atoms with Crippen molar-refractivity contribution in [3.63, 3.8) is 0 Å². The third kappa shape index (κ3) is 10.6. The topological polar surface area (TPSA) is 55.1 Å². The first-order chi connectivity index (χ1) is 7.49. The summed E-state index contributed by atoms with van der Waals surface area (Å²) >= 11 is 0. The maximum Gasteiger partial charge on any atom is 0.220 e. The fourth-order valence-electron chi connectivity index (χ4n) is 1.98. The first kappa shape index (κ1) is 19.1. The van der Waals surface area contributed by atoms with Gasteiger partial charge >= 0.3 is 0 Å². The number of rotatable bonds is 8. The molecule has 0 saturated carbocycles. The molecule has 2 atom stereocenters. The van der Waals surface area contributed by atoms with Gasteiger partial charge in [0.25, 0.3) is 0 Å². The van der Waals surface area contributed by atoms with Gasteiger partial charge in [-0.3, -0.25) is 4.79 Å². The highest BCUT2D eigenvalue weighted by Crippen LogP contribution is 2.10. The second kappa shape index (κ2) is 10.8. The Labute approximate surface area is 112 Å². The molecule has 4 heteroatoms. The van der Waals surface area contributed by atoms with E-state index in [1.807, 2.05) is 0 Å². The molecule has 3 N–H and O–H groups in total. The lowest BCUT2D eigenvalue weighted by atomic mass is 10.0. The summed E-state index contributed by atoms with van der Waals surface area (Å²) in [6.45, 7) is 9.11. The minimum absolute atomic E-state index is 0. The number of nitrogens with one attached hydrogen (secondary N) is 1. The van der Waals surface area contributed by atoms with Gasteiger partial charge < -0.3 is 11.1 Å². The van der Waals surface area contributed by atoms with Crippen LogP contribution in [0.1, 0.15) is 53.4 Å². The average Bonchev–Trinajstić information content (AvgIpc) is 2.15. The largest absolute Gasteiger partial charge is 0.352 e. The summed E-state index contributed by atoms with van der Waals surface area (Å²) in [4.78, 5) is 11.7. The molecule has 0 saturated heterocycles. The van der Waals surface area contributed by atoms with E-state index in [4.69, 9.17) is 5.73 Å². The first-order valence-electron chi connectivity index (χ1n) is 6.49. The number of carbonyl (C=O) groups excluding carboxylic acids is 1. The predicted octanol–water partition coefficient (Wildman–Crippen LogP) is 2.72. The van der Waals surface area contributed by atoms with E-state index < -0.39 is 0 Å². The third-order valence-corrected chi connectivity index (χ3v) is 2.72. The van der Waals surface area contributed by atoms with Gasteiger partial charge in [0.05, 0.1) is 0 Å². The van der Waals surface area contributed by atoms with E-state index in [2.05, 4.69) is 33.0 Å². The van der Waals surface area contributed by atoms with Crippen molar-refractivity contribution in [3.05, 3.63) is 0 Å². The molecular formula is C13H29ClN2O. The van der Waals surface area contributed by atoms with E-state index >= 15 is 0 Å². The van der Waals surface area contributed by atoms with Crippen molar-refractivity contribution in [3.8, 4) is 0 Å². The molecule has 0 aliphatic heterocycles. The Kier molecular flexibility index (Phi) is 12.2. The van der Waals surface area contributed by atoms with Gasteiger partial charge in [-0.2, -0.15) is 0 Å². The maximum atomic E-state index is 11.7. The third-order valence-electron chi connectivity index (χ3n) is 2.72. The molecule has 0 spiro atoms. The predicted molar refractivity (Wildman–Crippen MR) is 76.4 cm³/mol. The number of hydrogen-bond acceptors (Lipinski definition) is 2. The van der Waals surface area contributed by atoms with Crippen LogP contribution in [0.5, 0.6) is 0 Å². The van der Waals surface area contributed by atoms with Crippen LogP contribution in [0.25, 0.3) is 0 Å². The maximum absolute atomic E-state index is 11.7. The normalized spacial score (nSPS) is 14.0. The Morgan fingerprint density at radius 2 is 1.88 bits per heavy atom. The van der Waals surface area contributed by atoms with E-state index in [1.54, 1.807) is 0 Å². The van der Waals surface area contributed by atoms with Gasteiger partial charge in [0.15, 0.2) is 0 Å². The van der Waals surface area contributed by atoms with E-state index in [9.17, 15) is 4.79 Å². The van der Waals surface area contributed by atoms with Crippen molar-refractivity contribution < 1.29 is 4.79 Å². The molecule has 0 rings (SSSR count). The minimum atomic E-state index is 0. The summed E-state index contributed by atoms with van der Waals surface area (Å²) in [5, 5.41) is 3.02. The first-order valence-corrected chi connectivity index (χ1v) is 6.49. The van der Waals surface area contributed by atoms with Gasteiger partial charge in [0, 0.05) is 19.0 Å². The van der Waals surface area contributed by atoms with Crippen molar-refractivity contribution in [2.24, 2.45) is 17.6 Å². The smallest absolute Gasteiger partial charge is 0.220 e. The van der Waals surface area contributed by atoms with Crippen LogP contribution in [0.3, 0.4) is 0 Å². The molecule has 0 bridgehead atoms. The van der Waals surface area contributed by atoms with Gasteiger partial charge in [-0.25, -0.2) is 0 Å². The van der Waals surface area contributed by atoms with E-state index in [1.165, 1.54) is 0 Å². The molecule has 0 aromatic rings. The van der Waals surface area contributed by atoms with Crippen LogP contribution in [0.4, 0.5) is 0 Å². The second-order valence-corrected chi connectivity index (χ2v) is 5.23. The fourth-order valence-corrected chi connectivity index (χ4v) is 1.98. The van der Waals surface area contributed by atoms with Gasteiger partial charge in [-0.1, -0.05) is 40.5 Å². The molecule has 0 aliphatic carbocycles. The molecule has 17 heavy (non-hydrogen) atoms. The standard InChI is InChI=1S/C13H28N2O.ClH/c1-5-6-11(4)8-13(16)15-12(9-14)7-10(2)3;/h10-12H,5-9,14H2,1-4H3,(H,15,16);1H. The zero-order valence-corrected chi connectivity index (χ0v) is 12.5. The Balaban J connectivity index is 0. The van der Waals surface area contributed by atoms with Gasteiger partial charge in [0.2, 0.25) is 5.91 Å². The lowest BCUT2D eigenvalue weighted by Crippen LogP contribution is -2.41. The Morgan fingerprint density at radius 3 is 2.29 bits per heavy atom. The zero-order chi connectivity index (χ0) is 12.6. The molecule has 0 aliphatic rings. The molecule has 0 fully saturated rings. The Bertz CT molecular complexity index is 198. The molecule has 1 amide bonds. The summed E-state index contributed by atoms with van der Waals surface area (Å²) < 4.78 is 0. The Hall–Kier alpha value is -0.280. The highest BCUT2D eigenvalue weighted by atomic mass is 35.5. The van der Waals surface area contributed by atoms with Crippen molar-refractivity contribution in [2.75, 3.05) is 6.54 Å². The summed E-state index contributed by atoms with van der Waals surface area (Å²) in [7, 11) is 0. The lowest BCUT2D eigenvalue weighted by molar-refractivity contribution is -0.122. The van der Waals surface area contributed by atoms with Crippen LogP contribution in [0.15, 0.2) is 0 Å². The SMILES string of the molecule is CCCC(C)CC(=O)NC(CN)CC(C)C.Cl. The molecule has 0 heterocycles. The molecule has 0 aromatic carbocycles. The monoisotopic (exact) mass is 264 g/mol. The average molecular weight is 265 g/mol. The molecule has 2 unspecified atom stereocenters. The molecular weight excluding hydrogens is 236 g/mol. The minimum Gasteiger partial charge on any atom is -0.352 e. The van der Waals surface area contributed by atoms with E-state index in [0.29, 0.717) is 24.8 Å². The number of carbonyl (C=O) groups is 1. The van der Waals surface area contributed by atoms with Crippen LogP contribution in [0.2, 0.25) is 0 Å². The van der Waals surface area contributed by atoms with Crippen molar-refractivity contribution in [1.29, 1.82) is 0 Å².